The summed E-state index contributed by atoms with van der Waals surface area (Å²) in [7, 11) is 0. The minimum atomic E-state index is -0.849. The largest absolute Gasteiger partial charge is 0.394 e. The zero-order chi connectivity index (χ0) is 21.4. The molecule has 1 saturated carbocycles. The lowest BCUT2D eigenvalue weighted by molar-refractivity contribution is 0.0783. The van der Waals surface area contributed by atoms with Crippen LogP contribution in [0.2, 0.25) is 0 Å². The molecule has 4 aromatic heterocycles. The highest BCUT2D eigenvalue weighted by atomic mass is 16.3. The SMILES string of the molecule is CC[C@H]1CCCC1n1cc(-c2nc(-c3cnn(C[C@@H](O)CO)c3)cn3nccc23)cn1. The maximum atomic E-state index is 9.68. The second-order valence-electron chi connectivity index (χ2n) is 8.30. The molecule has 4 aromatic rings. The summed E-state index contributed by atoms with van der Waals surface area (Å²) in [4.78, 5) is 4.93. The van der Waals surface area contributed by atoms with Gasteiger partial charge in [0, 0.05) is 23.5 Å². The van der Waals surface area contributed by atoms with Crippen LogP contribution in [-0.4, -0.2) is 57.1 Å². The van der Waals surface area contributed by atoms with Gasteiger partial charge in [-0.1, -0.05) is 19.8 Å². The monoisotopic (exact) mass is 421 g/mol. The van der Waals surface area contributed by atoms with Crippen LogP contribution in [0.1, 0.15) is 38.6 Å². The molecule has 9 heteroatoms. The van der Waals surface area contributed by atoms with E-state index >= 15 is 0 Å². The van der Waals surface area contributed by atoms with E-state index in [0.29, 0.717) is 12.0 Å². The summed E-state index contributed by atoms with van der Waals surface area (Å²) >= 11 is 0. The topological polar surface area (TPSA) is 106 Å². The lowest BCUT2D eigenvalue weighted by atomic mass is 10.0. The Hall–Kier alpha value is -3.04. The van der Waals surface area contributed by atoms with Crippen molar-refractivity contribution >= 4 is 5.52 Å². The van der Waals surface area contributed by atoms with Gasteiger partial charge in [-0.2, -0.15) is 15.3 Å². The number of hydrogen-bond acceptors (Lipinski definition) is 6. The van der Waals surface area contributed by atoms with Crippen molar-refractivity contribution in [3.63, 3.8) is 0 Å². The minimum absolute atomic E-state index is 0.222. The molecule has 0 aromatic carbocycles. The Balaban J connectivity index is 1.51. The van der Waals surface area contributed by atoms with Gasteiger partial charge in [-0.05, 0) is 24.8 Å². The van der Waals surface area contributed by atoms with Gasteiger partial charge in [0.05, 0.1) is 67.0 Å². The molecule has 4 heterocycles. The van der Waals surface area contributed by atoms with E-state index in [-0.39, 0.29) is 13.2 Å². The van der Waals surface area contributed by atoms with Gasteiger partial charge < -0.3 is 10.2 Å². The first-order valence-corrected chi connectivity index (χ1v) is 10.9. The fourth-order valence-electron chi connectivity index (χ4n) is 4.63. The van der Waals surface area contributed by atoms with Crippen LogP contribution in [0.15, 0.2) is 43.2 Å². The summed E-state index contributed by atoms with van der Waals surface area (Å²) in [5, 5.41) is 32.1. The highest BCUT2D eigenvalue weighted by Crippen LogP contribution is 2.38. The van der Waals surface area contributed by atoms with Gasteiger partial charge in [0.25, 0.3) is 0 Å². The zero-order valence-electron chi connectivity index (χ0n) is 17.5. The summed E-state index contributed by atoms with van der Waals surface area (Å²) < 4.78 is 5.54. The van der Waals surface area contributed by atoms with Crippen molar-refractivity contribution in [2.75, 3.05) is 6.61 Å². The van der Waals surface area contributed by atoms with Gasteiger partial charge in [-0.15, -0.1) is 0 Å². The predicted molar refractivity (Wildman–Crippen MR) is 115 cm³/mol. The summed E-state index contributed by atoms with van der Waals surface area (Å²) in [6.45, 7) is 2.18. The summed E-state index contributed by atoms with van der Waals surface area (Å²) in [5.41, 5.74) is 4.27. The molecule has 162 valence electrons. The van der Waals surface area contributed by atoms with E-state index in [0.717, 1.165) is 28.0 Å². The number of hydrogen-bond donors (Lipinski definition) is 2. The van der Waals surface area contributed by atoms with E-state index in [1.54, 1.807) is 17.1 Å². The molecule has 9 nitrogen and oxygen atoms in total. The normalized spacial score (nSPS) is 20.0. The van der Waals surface area contributed by atoms with Gasteiger partial charge in [0.1, 0.15) is 0 Å². The van der Waals surface area contributed by atoms with Gasteiger partial charge in [-0.3, -0.25) is 9.36 Å². The first-order valence-electron chi connectivity index (χ1n) is 10.9. The van der Waals surface area contributed by atoms with Crippen molar-refractivity contribution < 1.29 is 10.2 Å². The number of aromatic nitrogens is 7. The van der Waals surface area contributed by atoms with Gasteiger partial charge >= 0.3 is 0 Å². The van der Waals surface area contributed by atoms with Crippen molar-refractivity contribution in [1.29, 1.82) is 0 Å². The smallest absolute Gasteiger partial charge is 0.0999 e. The van der Waals surface area contributed by atoms with Crippen LogP contribution >= 0.6 is 0 Å². The van der Waals surface area contributed by atoms with Crippen molar-refractivity contribution in [2.45, 2.75) is 51.3 Å². The molecule has 0 amide bonds. The third-order valence-electron chi connectivity index (χ3n) is 6.29. The van der Waals surface area contributed by atoms with Gasteiger partial charge in [0.15, 0.2) is 0 Å². The van der Waals surface area contributed by atoms with Crippen LogP contribution in [0.25, 0.3) is 28.0 Å². The average molecular weight is 422 g/mol. The molecule has 0 aliphatic heterocycles. The van der Waals surface area contributed by atoms with Gasteiger partial charge in [-0.25, -0.2) is 9.50 Å². The molecule has 2 N–H and O–H groups in total. The third kappa shape index (κ3) is 3.75. The van der Waals surface area contributed by atoms with Crippen LogP contribution in [0.3, 0.4) is 0 Å². The lowest BCUT2D eigenvalue weighted by Gasteiger charge is -2.18. The Morgan fingerprint density at radius 2 is 1.97 bits per heavy atom. The van der Waals surface area contributed by atoms with Crippen molar-refractivity contribution in [3.05, 3.63) is 43.2 Å². The number of aliphatic hydroxyl groups is 2. The van der Waals surface area contributed by atoms with Crippen LogP contribution in [0.5, 0.6) is 0 Å². The predicted octanol–water partition coefficient (Wildman–Crippen LogP) is 2.56. The minimum Gasteiger partial charge on any atom is -0.394 e. The molecule has 1 unspecified atom stereocenters. The van der Waals surface area contributed by atoms with E-state index in [1.807, 2.05) is 29.2 Å². The Morgan fingerprint density at radius 3 is 2.81 bits per heavy atom. The van der Waals surface area contributed by atoms with Crippen molar-refractivity contribution in [3.8, 4) is 22.5 Å². The number of aliphatic hydroxyl groups excluding tert-OH is 2. The number of rotatable bonds is 7. The maximum absolute atomic E-state index is 9.68. The fourth-order valence-corrected chi connectivity index (χ4v) is 4.63. The molecule has 0 spiro atoms. The molecular weight excluding hydrogens is 394 g/mol. The van der Waals surface area contributed by atoms with E-state index in [1.165, 1.54) is 25.7 Å². The lowest BCUT2D eigenvalue weighted by Crippen LogP contribution is -2.19. The quantitative estimate of drug-likeness (QED) is 0.475. The Kier molecular flexibility index (Phi) is 5.29. The first-order chi connectivity index (χ1) is 15.2. The second kappa shape index (κ2) is 8.24. The summed E-state index contributed by atoms with van der Waals surface area (Å²) in [6, 6.07) is 2.41. The standard InChI is InChI=1S/C22H27N7O2/c1-2-15-4-3-5-20(15)28-11-17(9-25-28)22-21-6-7-23-29(21)13-19(26-22)16-8-24-27(10-16)12-18(31)14-30/h6-11,13,15,18,20,30-31H,2-5,12,14H2,1H3/t15-,18+,20?/m0/s1. The molecule has 1 fully saturated rings. The fraction of sp³-hybridized carbons (Fsp3) is 0.455. The van der Waals surface area contributed by atoms with E-state index < -0.39 is 6.10 Å². The molecular formula is C22H27N7O2. The number of fused-ring (bicyclic) bond motifs is 1. The molecule has 1 aliphatic rings. The van der Waals surface area contributed by atoms with Crippen LogP contribution < -0.4 is 0 Å². The molecule has 0 saturated heterocycles. The van der Waals surface area contributed by atoms with E-state index in [2.05, 4.69) is 28.0 Å². The Morgan fingerprint density at radius 1 is 1.10 bits per heavy atom. The number of nitrogens with zero attached hydrogens (tertiary/aromatic N) is 7. The maximum Gasteiger partial charge on any atom is 0.0999 e. The Bertz CT molecular complexity index is 1180. The van der Waals surface area contributed by atoms with Crippen LogP contribution in [-0.2, 0) is 6.54 Å². The van der Waals surface area contributed by atoms with Crippen molar-refractivity contribution in [2.24, 2.45) is 5.92 Å². The highest BCUT2D eigenvalue weighted by molar-refractivity contribution is 5.78. The molecule has 31 heavy (non-hydrogen) atoms. The second-order valence-corrected chi connectivity index (χ2v) is 8.30. The zero-order valence-corrected chi connectivity index (χ0v) is 17.5. The van der Waals surface area contributed by atoms with E-state index in [4.69, 9.17) is 15.2 Å². The highest BCUT2D eigenvalue weighted by Gasteiger charge is 2.28. The first kappa shape index (κ1) is 19.9. The Labute approximate surface area is 180 Å². The van der Waals surface area contributed by atoms with Gasteiger partial charge in [0.2, 0.25) is 0 Å². The molecule has 0 radical (unpaired) electrons. The average Bonchev–Trinajstić information content (AvgIpc) is 3.58. The summed E-state index contributed by atoms with van der Waals surface area (Å²) in [6.07, 6.45) is 15.2. The molecule has 1 aliphatic carbocycles. The molecule has 3 atom stereocenters. The molecule has 0 bridgehead atoms. The van der Waals surface area contributed by atoms with E-state index in [9.17, 15) is 5.11 Å². The summed E-state index contributed by atoms with van der Waals surface area (Å²) in [5.74, 6) is 0.683. The van der Waals surface area contributed by atoms with Crippen molar-refractivity contribution in [1.82, 2.24) is 34.2 Å². The third-order valence-corrected chi connectivity index (χ3v) is 6.29. The molecule has 5 rings (SSSR count). The van der Waals surface area contributed by atoms with Crippen LogP contribution in [0, 0.1) is 5.92 Å². The van der Waals surface area contributed by atoms with Crippen LogP contribution in [0.4, 0.5) is 0 Å².